The first-order chi connectivity index (χ1) is 6.81. The van der Waals surface area contributed by atoms with E-state index < -0.39 is 17.2 Å². The van der Waals surface area contributed by atoms with E-state index in [-0.39, 0.29) is 12.4 Å². The van der Waals surface area contributed by atoms with Crippen LogP contribution in [0.5, 0.6) is 0 Å². The van der Waals surface area contributed by atoms with Gasteiger partial charge in [0.15, 0.2) is 0 Å². The van der Waals surface area contributed by atoms with E-state index in [1.165, 1.54) is 19.6 Å². The fourth-order valence-corrected chi connectivity index (χ4v) is 0.671. The summed E-state index contributed by atoms with van der Waals surface area (Å²) in [5, 5.41) is 0. The molecule has 0 aromatic heterocycles. The third kappa shape index (κ3) is 60.6. The van der Waals surface area contributed by atoms with Gasteiger partial charge in [-0.15, -0.1) is 12.4 Å². The summed E-state index contributed by atoms with van der Waals surface area (Å²) in [5.41, 5.74) is 0. The van der Waals surface area contributed by atoms with E-state index in [1.54, 1.807) is 0 Å². The molecular formula is C6H22ClNO6P2. The highest BCUT2D eigenvalue weighted by Gasteiger charge is 1.89. The molecule has 0 aliphatic carbocycles. The van der Waals surface area contributed by atoms with Gasteiger partial charge in [0.2, 0.25) is 0 Å². The maximum Gasteiger partial charge on any atom is 0.324 e. The molecular weight excluding hydrogens is 279 g/mol. The van der Waals surface area contributed by atoms with Crippen molar-refractivity contribution >= 4 is 29.6 Å². The summed E-state index contributed by atoms with van der Waals surface area (Å²) < 4.78 is 0. The Morgan fingerprint density at radius 3 is 0.812 bits per heavy atom. The SMILES string of the molecule is CCN(CC)CC.Cl.OP(O)O.OP(O)O. The Labute approximate surface area is 105 Å². The lowest BCUT2D eigenvalue weighted by atomic mass is 10.5. The Kier molecular flexibility index (Phi) is 34.0. The van der Waals surface area contributed by atoms with Crippen molar-refractivity contribution < 1.29 is 29.4 Å². The summed E-state index contributed by atoms with van der Waals surface area (Å²) >= 11 is 0. The summed E-state index contributed by atoms with van der Waals surface area (Å²) in [7, 11) is -5.24. The van der Waals surface area contributed by atoms with E-state index in [0.29, 0.717) is 0 Å². The van der Waals surface area contributed by atoms with Crippen LogP contribution in [0.3, 0.4) is 0 Å². The van der Waals surface area contributed by atoms with Crippen molar-refractivity contribution in [3.63, 3.8) is 0 Å². The van der Waals surface area contributed by atoms with E-state index in [4.69, 9.17) is 29.4 Å². The van der Waals surface area contributed by atoms with Gasteiger partial charge < -0.3 is 34.3 Å². The predicted octanol–water partition coefficient (Wildman–Crippen LogP) is 0.150. The molecule has 0 saturated heterocycles. The number of nitrogens with zero attached hydrogens (tertiary/aromatic N) is 1. The zero-order valence-corrected chi connectivity index (χ0v) is 12.2. The van der Waals surface area contributed by atoms with Gasteiger partial charge in [0.05, 0.1) is 0 Å². The zero-order chi connectivity index (χ0) is 12.9. The highest BCUT2D eigenvalue weighted by Crippen LogP contribution is 2.12. The van der Waals surface area contributed by atoms with Crippen LogP contribution in [0.2, 0.25) is 0 Å². The largest absolute Gasteiger partial charge is 0.328 e. The summed E-state index contributed by atoms with van der Waals surface area (Å²) in [6.07, 6.45) is 0. The third-order valence-corrected chi connectivity index (χ3v) is 1.34. The Bertz CT molecular complexity index is 92.0. The van der Waals surface area contributed by atoms with Crippen LogP contribution in [0.25, 0.3) is 0 Å². The van der Waals surface area contributed by atoms with Gasteiger partial charge in [0.25, 0.3) is 0 Å². The normalized spacial score (nSPS) is 9.00. The summed E-state index contributed by atoms with van der Waals surface area (Å²) in [6.45, 7) is 10.1. The second-order valence-electron chi connectivity index (χ2n) is 2.16. The fourth-order valence-electron chi connectivity index (χ4n) is 0.671. The Balaban J connectivity index is -0.0000000700. The third-order valence-electron chi connectivity index (χ3n) is 1.34. The molecule has 0 aliphatic heterocycles. The van der Waals surface area contributed by atoms with Crippen molar-refractivity contribution in [2.75, 3.05) is 19.6 Å². The van der Waals surface area contributed by atoms with Gasteiger partial charge in [-0.05, 0) is 19.6 Å². The maximum absolute atomic E-state index is 7.23. The first kappa shape index (κ1) is 25.7. The molecule has 0 atom stereocenters. The van der Waals surface area contributed by atoms with Crippen molar-refractivity contribution in [1.82, 2.24) is 4.90 Å². The molecule has 0 amide bonds. The summed E-state index contributed by atoms with van der Waals surface area (Å²) in [6, 6.07) is 0. The second kappa shape index (κ2) is 21.2. The molecule has 0 saturated carbocycles. The maximum atomic E-state index is 7.23. The lowest BCUT2D eigenvalue weighted by molar-refractivity contribution is 0.321. The van der Waals surface area contributed by atoms with E-state index in [0.717, 1.165) is 0 Å². The molecule has 0 rings (SSSR count). The van der Waals surface area contributed by atoms with Crippen molar-refractivity contribution in [3.05, 3.63) is 0 Å². The quantitative estimate of drug-likeness (QED) is 0.410. The molecule has 16 heavy (non-hydrogen) atoms. The van der Waals surface area contributed by atoms with Gasteiger partial charge >= 0.3 is 17.2 Å². The molecule has 0 radical (unpaired) electrons. The van der Waals surface area contributed by atoms with E-state index >= 15 is 0 Å². The van der Waals surface area contributed by atoms with Gasteiger partial charge in [-0.1, -0.05) is 20.8 Å². The van der Waals surface area contributed by atoms with Crippen LogP contribution < -0.4 is 0 Å². The molecule has 7 nitrogen and oxygen atoms in total. The molecule has 0 bridgehead atoms. The van der Waals surface area contributed by atoms with Crippen LogP contribution in [0.1, 0.15) is 20.8 Å². The topological polar surface area (TPSA) is 125 Å². The lowest BCUT2D eigenvalue weighted by Crippen LogP contribution is -2.21. The first-order valence-electron chi connectivity index (χ1n) is 4.27. The van der Waals surface area contributed by atoms with E-state index in [2.05, 4.69) is 25.7 Å². The highest BCUT2D eigenvalue weighted by atomic mass is 35.5. The van der Waals surface area contributed by atoms with Gasteiger partial charge in [-0.2, -0.15) is 0 Å². The predicted molar refractivity (Wildman–Crippen MR) is 67.9 cm³/mol. The van der Waals surface area contributed by atoms with Crippen LogP contribution in [0.15, 0.2) is 0 Å². The molecule has 0 heterocycles. The average molecular weight is 302 g/mol. The van der Waals surface area contributed by atoms with Gasteiger partial charge in [0.1, 0.15) is 0 Å². The minimum absolute atomic E-state index is 0. The van der Waals surface area contributed by atoms with E-state index in [9.17, 15) is 0 Å². The van der Waals surface area contributed by atoms with Crippen LogP contribution in [-0.4, -0.2) is 53.9 Å². The molecule has 0 fully saturated rings. The number of rotatable bonds is 3. The minimum atomic E-state index is -2.62. The van der Waals surface area contributed by atoms with Crippen molar-refractivity contribution in [2.24, 2.45) is 0 Å². The number of hydrogen-bond donors (Lipinski definition) is 6. The van der Waals surface area contributed by atoms with Crippen LogP contribution in [0, 0.1) is 0 Å². The molecule has 0 aromatic carbocycles. The molecule has 0 aliphatic rings. The standard InChI is InChI=1S/C6H15N.ClH.2H3O3P/c1-4-7(5-2)6-3;;2*1-4(2)3/h4-6H2,1-3H3;1H;2*1-3H. The van der Waals surface area contributed by atoms with Crippen LogP contribution in [0.4, 0.5) is 0 Å². The second-order valence-corrected chi connectivity index (χ2v) is 3.23. The van der Waals surface area contributed by atoms with Gasteiger partial charge in [0, 0.05) is 0 Å². The van der Waals surface area contributed by atoms with Crippen LogP contribution >= 0.6 is 29.6 Å². The van der Waals surface area contributed by atoms with Gasteiger partial charge in [-0.25, -0.2) is 0 Å². The Morgan fingerprint density at radius 2 is 0.812 bits per heavy atom. The van der Waals surface area contributed by atoms with Crippen LogP contribution in [-0.2, 0) is 0 Å². The molecule has 6 N–H and O–H groups in total. The lowest BCUT2D eigenvalue weighted by Gasteiger charge is -2.13. The Hall–Kier alpha value is 0.870. The average Bonchev–Trinajstić information content (AvgIpc) is 2.05. The van der Waals surface area contributed by atoms with Crippen molar-refractivity contribution in [2.45, 2.75) is 20.8 Å². The summed E-state index contributed by atoms with van der Waals surface area (Å²) in [5.74, 6) is 0. The molecule has 0 spiro atoms. The smallest absolute Gasteiger partial charge is 0.324 e. The monoisotopic (exact) mass is 301 g/mol. The molecule has 104 valence electrons. The van der Waals surface area contributed by atoms with Crippen molar-refractivity contribution in [1.29, 1.82) is 0 Å². The van der Waals surface area contributed by atoms with Gasteiger partial charge in [-0.3, -0.25) is 0 Å². The molecule has 0 unspecified atom stereocenters. The zero-order valence-electron chi connectivity index (χ0n) is 9.55. The Morgan fingerprint density at radius 1 is 0.688 bits per heavy atom. The number of hydrogen-bond acceptors (Lipinski definition) is 7. The number of halogens is 1. The minimum Gasteiger partial charge on any atom is -0.328 e. The highest BCUT2D eigenvalue weighted by molar-refractivity contribution is 7.38. The fraction of sp³-hybridized carbons (Fsp3) is 1.00. The van der Waals surface area contributed by atoms with E-state index in [1.807, 2.05) is 0 Å². The molecule has 10 heteroatoms. The molecule has 0 aromatic rings. The summed E-state index contributed by atoms with van der Waals surface area (Å²) in [4.78, 5) is 45.8. The van der Waals surface area contributed by atoms with Crippen molar-refractivity contribution in [3.8, 4) is 0 Å². The first-order valence-corrected chi connectivity index (χ1v) is 6.67.